The van der Waals surface area contributed by atoms with Crippen LogP contribution in [0.3, 0.4) is 0 Å². The zero-order valence-electron chi connectivity index (χ0n) is 8.17. The van der Waals surface area contributed by atoms with Crippen molar-refractivity contribution in [3.05, 3.63) is 22.9 Å². The number of pyridine rings is 1. The summed E-state index contributed by atoms with van der Waals surface area (Å²) >= 11 is 3.14. The lowest BCUT2D eigenvalue weighted by Gasteiger charge is -2.18. The molecule has 0 aromatic carbocycles. The number of aromatic nitrogens is 1. The van der Waals surface area contributed by atoms with E-state index in [9.17, 15) is 13.2 Å². The molecule has 1 aromatic rings. The van der Waals surface area contributed by atoms with Crippen LogP contribution in [0.15, 0.2) is 22.9 Å². The summed E-state index contributed by atoms with van der Waals surface area (Å²) in [6.07, 6.45) is -1.49. The second-order valence-electron chi connectivity index (χ2n) is 3.12. The number of hydrogen-bond donors (Lipinski definition) is 1. The topological polar surface area (TPSA) is 48.1 Å². The molecule has 2 N–H and O–H groups in total. The summed E-state index contributed by atoms with van der Waals surface area (Å²) in [6, 6.07) is 1.54. The van der Waals surface area contributed by atoms with Crippen molar-refractivity contribution < 1.29 is 17.9 Å². The third-order valence-corrected chi connectivity index (χ3v) is 2.31. The van der Waals surface area contributed by atoms with E-state index in [4.69, 9.17) is 10.5 Å². The molecule has 0 radical (unpaired) electrons. The Hall–Kier alpha value is -0.820. The first-order valence-corrected chi connectivity index (χ1v) is 5.23. The maximum absolute atomic E-state index is 12.3. The first-order valence-electron chi connectivity index (χ1n) is 4.43. The van der Waals surface area contributed by atoms with Crippen LogP contribution in [-0.4, -0.2) is 24.3 Å². The van der Waals surface area contributed by atoms with Gasteiger partial charge in [0.2, 0.25) is 0 Å². The zero-order valence-corrected chi connectivity index (χ0v) is 9.75. The van der Waals surface area contributed by atoms with Gasteiger partial charge in [0.25, 0.3) is 0 Å². The molecule has 0 aliphatic carbocycles. The molecule has 1 rings (SSSR count). The highest BCUT2D eigenvalue weighted by atomic mass is 79.9. The normalized spacial score (nSPS) is 13.6. The van der Waals surface area contributed by atoms with Gasteiger partial charge in [0.05, 0.1) is 6.20 Å². The number of hydrogen-bond acceptors (Lipinski definition) is 3. The summed E-state index contributed by atoms with van der Waals surface area (Å²) in [6.45, 7) is -0.997. The molecule has 0 aliphatic heterocycles. The summed E-state index contributed by atoms with van der Waals surface area (Å²) in [7, 11) is 0. The zero-order chi connectivity index (χ0) is 12.2. The maximum Gasteiger partial charge on any atom is 0.396 e. The quantitative estimate of drug-likeness (QED) is 0.928. The third-order valence-electron chi connectivity index (χ3n) is 1.88. The molecule has 0 aliphatic rings. The van der Waals surface area contributed by atoms with E-state index >= 15 is 0 Å². The summed E-state index contributed by atoms with van der Waals surface area (Å²) < 4.78 is 42.6. The van der Waals surface area contributed by atoms with Gasteiger partial charge >= 0.3 is 6.18 Å². The predicted octanol–water partition coefficient (Wildman–Crippen LogP) is 2.36. The number of nitrogens with zero attached hydrogens (tertiary/aromatic N) is 1. The van der Waals surface area contributed by atoms with Gasteiger partial charge in [-0.25, -0.2) is 0 Å². The lowest BCUT2D eigenvalue weighted by molar-refractivity contribution is -0.178. The first kappa shape index (κ1) is 13.2. The Kier molecular flexibility index (Phi) is 4.55. The van der Waals surface area contributed by atoms with E-state index in [1.807, 2.05) is 0 Å². The van der Waals surface area contributed by atoms with Crippen molar-refractivity contribution in [3.8, 4) is 5.75 Å². The highest BCUT2D eigenvalue weighted by Gasteiger charge is 2.39. The molecular formula is C9H10BrF3N2O. The molecule has 1 aromatic heterocycles. The van der Waals surface area contributed by atoms with Gasteiger partial charge in [-0.2, -0.15) is 13.2 Å². The highest BCUT2D eigenvalue weighted by molar-refractivity contribution is 9.10. The van der Waals surface area contributed by atoms with Crippen molar-refractivity contribution in [2.24, 2.45) is 11.7 Å². The largest absolute Gasteiger partial charge is 0.491 e. The van der Waals surface area contributed by atoms with E-state index < -0.39 is 25.2 Å². The van der Waals surface area contributed by atoms with Gasteiger partial charge in [-0.05, 0) is 22.0 Å². The molecule has 0 saturated heterocycles. The number of alkyl halides is 3. The number of ether oxygens (including phenoxy) is 1. The lowest BCUT2D eigenvalue weighted by atomic mass is 10.1. The summed E-state index contributed by atoms with van der Waals surface area (Å²) in [5, 5.41) is 0. The van der Waals surface area contributed by atoms with E-state index in [0.29, 0.717) is 4.47 Å². The molecule has 1 atom stereocenters. The smallest absolute Gasteiger partial charge is 0.396 e. The van der Waals surface area contributed by atoms with Gasteiger partial charge in [-0.1, -0.05) is 0 Å². The Morgan fingerprint density at radius 2 is 2.12 bits per heavy atom. The van der Waals surface area contributed by atoms with Crippen LogP contribution in [0, 0.1) is 5.92 Å². The molecule has 16 heavy (non-hydrogen) atoms. The van der Waals surface area contributed by atoms with Gasteiger partial charge in [-0.3, -0.25) is 4.98 Å². The molecule has 1 heterocycles. The Balaban J connectivity index is 2.56. The maximum atomic E-state index is 12.3. The molecule has 0 fully saturated rings. The van der Waals surface area contributed by atoms with Crippen LogP contribution < -0.4 is 10.5 Å². The minimum Gasteiger partial charge on any atom is -0.491 e. The molecule has 0 saturated carbocycles. The SMILES string of the molecule is NCC(COc1cncc(Br)c1)C(F)(F)F. The van der Waals surface area contributed by atoms with Crippen molar-refractivity contribution >= 4 is 15.9 Å². The van der Waals surface area contributed by atoms with E-state index in [1.165, 1.54) is 18.5 Å². The van der Waals surface area contributed by atoms with E-state index in [-0.39, 0.29) is 5.75 Å². The van der Waals surface area contributed by atoms with Crippen molar-refractivity contribution in [1.82, 2.24) is 4.98 Å². The van der Waals surface area contributed by atoms with Crippen LogP contribution in [0.25, 0.3) is 0 Å². The average Bonchev–Trinajstić information content (AvgIpc) is 2.16. The van der Waals surface area contributed by atoms with Gasteiger partial charge in [0.15, 0.2) is 0 Å². The van der Waals surface area contributed by atoms with Crippen molar-refractivity contribution in [3.63, 3.8) is 0 Å². The molecule has 1 unspecified atom stereocenters. The van der Waals surface area contributed by atoms with Crippen LogP contribution >= 0.6 is 15.9 Å². The van der Waals surface area contributed by atoms with Gasteiger partial charge in [-0.15, -0.1) is 0 Å². The molecule has 3 nitrogen and oxygen atoms in total. The fraction of sp³-hybridized carbons (Fsp3) is 0.444. The molecule has 0 amide bonds. The van der Waals surface area contributed by atoms with Crippen molar-refractivity contribution in [2.45, 2.75) is 6.18 Å². The minimum atomic E-state index is -4.34. The van der Waals surface area contributed by atoms with Crippen molar-refractivity contribution in [2.75, 3.05) is 13.2 Å². The van der Waals surface area contributed by atoms with Crippen LogP contribution in [0.4, 0.5) is 13.2 Å². The fourth-order valence-corrected chi connectivity index (χ4v) is 1.31. The fourth-order valence-electron chi connectivity index (χ4n) is 0.964. The predicted molar refractivity (Wildman–Crippen MR) is 56.0 cm³/mol. The Labute approximate surface area is 98.9 Å². The number of nitrogens with two attached hydrogens (primary N) is 1. The number of halogens is 4. The second-order valence-corrected chi connectivity index (χ2v) is 4.04. The standard InChI is InChI=1S/C9H10BrF3N2O/c10-7-1-8(4-15-3-7)16-5-6(2-14)9(11,12)13/h1,3-4,6H,2,5,14H2. The van der Waals surface area contributed by atoms with Gasteiger partial charge in [0.1, 0.15) is 18.3 Å². The Morgan fingerprint density at radius 1 is 1.44 bits per heavy atom. The summed E-state index contributed by atoms with van der Waals surface area (Å²) in [4.78, 5) is 3.77. The highest BCUT2D eigenvalue weighted by Crippen LogP contribution is 2.26. The number of rotatable bonds is 4. The van der Waals surface area contributed by atoms with E-state index in [0.717, 1.165) is 0 Å². The van der Waals surface area contributed by atoms with E-state index in [2.05, 4.69) is 20.9 Å². The average molecular weight is 299 g/mol. The van der Waals surface area contributed by atoms with Crippen LogP contribution in [0.2, 0.25) is 0 Å². The monoisotopic (exact) mass is 298 g/mol. The summed E-state index contributed by atoms with van der Waals surface area (Å²) in [5.41, 5.74) is 5.03. The van der Waals surface area contributed by atoms with E-state index in [1.54, 1.807) is 0 Å². The molecule has 7 heteroatoms. The minimum absolute atomic E-state index is 0.275. The summed E-state index contributed by atoms with van der Waals surface area (Å²) in [5.74, 6) is -1.39. The Morgan fingerprint density at radius 3 is 2.62 bits per heavy atom. The second kappa shape index (κ2) is 5.49. The third kappa shape index (κ3) is 3.97. The Bertz CT molecular complexity index is 346. The first-order chi connectivity index (χ1) is 7.43. The molecule has 90 valence electrons. The van der Waals surface area contributed by atoms with Gasteiger partial charge < -0.3 is 10.5 Å². The van der Waals surface area contributed by atoms with Crippen molar-refractivity contribution in [1.29, 1.82) is 0 Å². The molecule has 0 bridgehead atoms. The van der Waals surface area contributed by atoms with Crippen LogP contribution in [-0.2, 0) is 0 Å². The van der Waals surface area contributed by atoms with Crippen LogP contribution in [0.5, 0.6) is 5.75 Å². The lowest BCUT2D eigenvalue weighted by Crippen LogP contribution is -2.35. The van der Waals surface area contributed by atoms with Gasteiger partial charge in [0, 0.05) is 17.2 Å². The molecular weight excluding hydrogens is 289 g/mol. The molecule has 0 spiro atoms. The van der Waals surface area contributed by atoms with Crippen LogP contribution in [0.1, 0.15) is 0 Å².